The molecule has 1 heterocycles. The molecule has 0 N–H and O–H groups in total. The number of rotatable bonds is 3. The second-order valence-electron chi connectivity index (χ2n) is 5.92. The lowest BCUT2D eigenvalue weighted by atomic mass is 9.96. The Morgan fingerprint density at radius 3 is 2.93 bits per heavy atom. The molecule has 0 saturated carbocycles. The molecule has 0 unspecified atom stereocenters. The summed E-state index contributed by atoms with van der Waals surface area (Å²) in [5.74, 6) is 5.24. The van der Waals surface area contributed by atoms with Crippen LogP contribution in [0.25, 0.3) is 21.9 Å². The van der Waals surface area contributed by atoms with E-state index in [-0.39, 0.29) is 30.1 Å². The molecule has 0 radical (unpaired) electrons. The topological polar surface area (TPSA) is 77.9 Å². The van der Waals surface area contributed by atoms with Crippen LogP contribution in [0.15, 0.2) is 33.1 Å². The third kappa shape index (κ3) is 3.96. The Hall–Kier alpha value is -3.64. The van der Waals surface area contributed by atoms with E-state index in [0.29, 0.717) is 29.4 Å². The number of fused-ring (bicyclic) bond motifs is 2. The van der Waals surface area contributed by atoms with Crippen molar-refractivity contribution in [3.63, 3.8) is 0 Å². The first-order valence-electron chi connectivity index (χ1n) is 8.39. The van der Waals surface area contributed by atoms with Gasteiger partial charge in [0.2, 0.25) is 0 Å². The van der Waals surface area contributed by atoms with E-state index in [1.165, 1.54) is 6.07 Å². The van der Waals surface area contributed by atoms with Gasteiger partial charge in [-0.1, -0.05) is 11.8 Å². The predicted octanol–water partition coefficient (Wildman–Crippen LogP) is 2.87. The van der Waals surface area contributed by atoms with Gasteiger partial charge in [0.25, 0.3) is 5.70 Å². The van der Waals surface area contributed by atoms with Crippen molar-refractivity contribution in [2.24, 2.45) is 0 Å². The van der Waals surface area contributed by atoms with Crippen LogP contribution in [0.1, 0.15) is 36.5 Å². The molecule has 1 aromatic carbocycles. The predicted molar refractivity (Wildman–Crippen MR) is 98.5 cm³/mol. The average molecular weight is 361 g/mol. The molecule has 1 aromatic heterocycles. The second-order valence-corrected chi connectivity index (χ2v) is 5.92. The Kier molecular flexibility index (Phi) is 5.19. The quantitative estimate of drug-likeness (QED) is 0.276. The van der Waals surface area contributed by atoms with Gasteiger partial charge in [-0.25, -0.2) is 9.64 Å². The minimum Gasteiger partial charge on any atom is -0.471 e. The summed E-state index contributed by atoms with van der Waals surface area (Å²) >= 11 is 0. The van der Waals surface area contributed by atoms with Gasteiger partial charge in [0.05, 0.1) is 18.7 Å². The maximum atomic E-state index is 12.3. The van der Waals surface area contributed by atoms with E-state index in [4.69, 9.17) is 15.7 Å². The van der Waals surface area contributed by atoms with Gasteiger partial charge in [-0.15, -0.1) is 0 Å². The lowest BCUT2D eigenvalue weighted by Crippen LogP contribution is -2.09. The zero-order valence-electron chi connectivity index (χ0n) is 14.6. The van der Waals surface area contributed by atoms with Crippen LogP contribution in [0.3, 0.4) is 0 Å². The molecule has 0 saturated heterocycles. The molecule has 0 atom stereocenters. The number of nitrogens with zero attached hydrogens (tertiary/aromatic N) is 1. The minimum absolute atomic E-state index is 0.0600. The third-order valence-electron chi connectivity index (χ3n) is 4.02. The van der Waals surface area contributed by atoms with E-state index in [1.807, 2.05) is 0 Å². The van der Waals surface area contributed by atoms with Crippen LogP contribution in [0.5, 0.6) is 0 Å². The van der Waals surface area contributed by atoms with E-state index in [2.05, 4.69) is 16.7 Å². The molecular weight excluding hydrogens is 346 g/mol. The summed E-state index contributed by atoms with van der Waals surface area (Å²) in [6, 6.07) is 4.93. The lowest BCUT2D eigenvalue weighted by molar-refractivity contribution is -0.138. The van der Waals surface area contributed by atoms with E-state index >= 15 is 0 Å². The van der Waals surface area contributed by atoms with Crippen LogP contribution in [-0.4, -0.2) is 18.4 Å². The van der Waals surface area contributed by atoms with Gasteiger partial charge in [0.1, 0.15) is 11.4 Å². The first-order chi connectivity index (χ1) is 13.0. The van der Waals surface area contributed by atoms with Crippen LogP contribution < -0.4 is 5.63 Å². The molecule has 0 bridgehead atoms. The first kappa shape index (κ1) is 18.2. The van der Waals surface area contributed by atoms with Crippen LogP contribution >= 0.6 is 0 Å². The van der Waals surface area contributed by atoms with Crippen molar-refractivity contribution in [3.8, 4) is 11.8 Å². The molecule has 6 nitrogen and oxygen atoms in total. The fourth-order valence-electron chi connectivity index (χ4n) is 2.74. The summed E-state index contributed by atoms with van der Waals surface area (Å²) in [4.78, 5) is 39.1. The first-order valence-corrected chi connectivity index (χ1v) is 8.39. The van der Waals surface area contributed by atoms with Crippen LogP contribution in [0, 0.1) is 18.4 Å². The lowest BCUT2D eigenvalue weighted by Gasteiger charge is -2.08. The number of benzene rings is 1. The van der Waals surface area contributed by atoms with Crippen molar-refractivity contribution in [2.75, 3.05) is 6.61 Å². The Labute approximate surface area is 155 Å². The van der Waals surface area contributed by atoms with E-state index in [0.717, 1.165) is 11.6 Å². The maximum Gasteiger partial charge on any atom is 0.342 e. The molecule has 6 heteroatoms. The van der Waals surface area contributed by atoms with Crippen molar-refractivity contribution in [3.05, 3.63) is 62.4 Å². The van der Waals surface area contributed by atoms with Crippen molar-refractivity contribution in [1.82, 2.24) is 0 Å². The van der Waals surface area contributed by atoms with Crippen LogP contribution in [-0.2, 0) is 20.7 Å². The van der Waals surface area contributed by atoms with Gasteiger partial charge in [0.15, 0.2) is 0 Å². The Balaban J connectivity index is 2.13. The monoisotopic (exact) mass is 361 g/mol. The van der Waals surface area contributed by atoms with E-state index in [1.54, 1.807) is 19.1 Å². The number of hydrogen-bond acceptors (Lipinski definition) is 5. The van der Waals surface area contributed by atoms with Crippen LogP contribution in [0.2, 0.25) is 0 Å². The minimum atomic E-state index is -0.800. The molecule has 0 aliphatic heterocycles. The largest absolute Gasteiger partial charge is 0.471 e. The smallest absolute Gasteiger partial charge is 0.342 e. The molecule has 1 aliphatic rings. The number of carbonyl (C=O) groups is 2. The number of ketones is 1. The Morgan fingerprint density at radius 1 is 1.37 bits per heavy atom. The highest BCUT2D eigenvalue weighted by atomic mass is 16.5. The Morgan fingerprint density at radius 2 is 2.19 bits per heavy atom. The van der Waals surface area contributed by atoms with Gasteiger partial charge in [-0.2, -0.15) is 0 Å². The molecule has 3 rings (SSSR count). The van der Waals surface area contributed by atoms with Crippen molar-refractivity contribution in [2.45, 2.75) is 26.2 Å². The van der Waals surface area contributed by atoms with Crippen LogP contribution in [0.4, 0.5) is 0 Å². The summed E-state index contributed by atoms with van der Waals surface area (Å²) in [7, 11) is 0. The summed E-state index contributed by atoms with van der Waals surface area (Å²) in [6.45, 7) is 8.87. The highest BCUT2D eigenvalue weighted by molar-refractivity contribution is 5.96. The van der Waals surface area contributed by atoms with Gasteiger partial charge >= 0.3 is 11.6 Å². The summed E-state index contributed by atoms with van der Waals surface area (Å²) in [5.41, 5.74) is 0.830. The van der Waals surface area contributed by atoms with E-state index in [9.17, 15) is 14.4 Å². The number of carbonyl (C=O) groups excluding carboxylic acids is 2. The molecule has 0 spiro atoms. The normalized spacial score (nSPS) is 13.6. The number of Topliss-reactive ketones (excluding diaryl/α,β-unsaturated/α-hetero) is 1. The fourth-order valence-corrected chi connectivity index (χ4v) is 2.74. The van der Waals surface area contributed by atoms with Crippen molar-refractivity contribution in [1.29, 1.82) is 0 Å². The van der Waals surface area contributed by atoms with Crippen molar-refractivity contribution < 1.29 is 18.7 Å². The number of ether oxygens (including phenoxy) is 1. The summed E-state index contributed by atoms with van der Waals surface area (Å²) < 4.78 is 10.1. The zero-order valence-corrected chi connectivity index (χ0v) is 14.6. The molecular formula is C21H15NO5. The molecule has 2 aromatic rings. The van der Waals surface area contributed by atoms with Gasteiger partial charge in [-0.05, 0) is 36.8 Å². The fraction of sp³-hybridized carbons (Fsp3) is 0.238. The SMILES string of the molecule is [C-]#[N+]C(=Cc1cc2cc3c(cc2oc1=O)C#CCCC(=O)C3)C(=O)OCC. The molecule has 0 amide bonds. The van der Waals surface area contributed by atoms with Crippen molar-refractivity contribution >= 4 is 28.8 Å². The summed E-state index contributed by atoms with van der Waals surface area (Å²) in [6.07, 6.45) is 2.34. The molecule has 0 fully saturated rings. The number of esters is 1. The maximum absolute atomic E-state index is 12.3. The Bertz CT molecular complexity index is 1140. The van der Waals surface area contributed by atoms with E-state index < -0.39 is 11.6 Å². The molecule has 27 heavy (non-hydrogen) atoms. The highest BCUT2D eigenvalue weighted by Gasteiger charge is 2.15. The van der Waals surface area contributed by atoms with Gasteiger partial charge in [0, 0.05) is 30.2 Å². The molecule has 1 aliphatic carbocycles. The zero-order chi connectivity index (χ0) is 19.4. The molecule has 134 valence electrons. The third-order valence-corrected chi connectivity index (χ3v) is 4.02. The average Bonchev–Trinajstić information content (AvgIpc) is 2.62. The summed E-state index contributed by atoms with van der Waals surface area (Å²) in [5, 5.41) is 0.586. The standard InChI is InChI=1S/C21H15NO5/c1-3-26-21(25)18(22-2)11-16-9-15-8-14-10-17(23)7-5-4-6-13(14)12-19(15)27-20(16)24/h8-9,11-12H,3,5,7,10H2,1H3. The second kappa shape index (κ2) is 7.72. The number of hydrogen-bond donors (Lipinski definition) is 0. The highest BCUT2D eigenvalue weighted by Crippen LogP contribution is 2.22. The van der Waals surface area contributed by atoms with Gasteiger partial charge in [-0.3, -0.25) is 9.59 Å². The van der Waals surface area contributed by atoms with Gasteiger partial charge < -0.3 is 9.15 Å².